The molecule has 0 atom stereocenters. The van der Waals surface area contributed by atoms with Crippen molar-refractivity contribution < 1.29 is 0 Å². The Morgan fingerprint density at radius 2 is 1.08 bits per heavy atom. The van der Waals surface area contributed by atoms with Crippen LogP contribution in [0.15, 0.2) is 22.3 Å². The lowest BCUT2D eigenvalue weighted by atomic mass is 9.94. The van der Waals surface area contributed by atoms with E-state index in [2.05, 4.69) is 41.5 Å². The lowest BCUT2D eigenvalue weighted by Gasteiger charge is -2.11. The zero-order chi connectivity index (χ0) is 10.2. The topological polar surface area (TPSA) is 0 Å². The molecule has 0 heteroatoms. The third-order valence-electron chi connectivity index (χ3n) is 3.30. The van der Waals surface area contributed by atoms with E-state index >= 15 is 0 Å². The molecule has 0 unspecified atom stereocenters. The fraction of sp³-hybridized carbons (Fsp3) is 0.692. The summed E-state index contributed by atoms with van der Waals surface area (Å²) in [6, 6.07) is 0. The standard InChI is InChI=1S/C13H22/c1-8(2)12-7-13(9(3)4)11(6)10(12)5/h8-9H,7H2,1-6H3. The van der Waals surface area contributed by atoms with Crippen LogP contribution in [0.4, 0.5) is 0 Å². The van der Waals surface area contributed by atoms with Gasteiger partial charge in [-0.2, -0.15) is 0 Å². The highest BCUT2D eigenvalue weighted by Crippen LogP contribution is 2.38. The van der Waals surface area contributed by atoms with Crippen molar-refractivity contribution >= 4 is 0 Å². The molecule has 1 aliphatic carbocycles. The molecule has 0 aromatic heterocycles. The van der Waals surface area contributed by atoms with Crippen LogP contribution >= 0.6 is 0 Å². The van der Waals surface area contributed by atoms with Crippen molar-refractivity contribution in [1.29, 1.82) is 0 Å². The molecule has 0 nitrogen and oxygen atoms in total. The predicted molar refractivity (Wildman–Crippen MR) is 59.7 cm³/mol. The smallest absolute Gasteiger partial charge is 0.00917 e. The Morgan fingerprint density at radius 1 is 0.769 bits per heavy atom. The van der Waals surface area contributed by atoms with Crippen LogP contribution in [0.1, 0.15) is 48.0 Å². The van der Waals surface area contributed by atoms with Gasteiger partial charge in [0.25, 0.3) is 0 Å². The van der Waals surface area contributed by atoms with E-state index in [0.717, 1.165) is 0 Å². The van der Waals surface area contributed by atoms with Crippen LogP contribution in [0, 0.1) is 11.8 Å². The summed E-state index contributed by atoms with van der Waals surface area (Å²) in [5.41, 5.74) is 6.42. The Labute approximate surface area is 82.7 Å². The van der Waals surface area contributed by atoms with Crippen molar-refractivity contribution in [2.24, 2.45) is 11.8 Å². The Morgan fingerprint density at radius 3 is 1.23 bits per heavy atom. The molecular weight excluding hydrogens is 156 g/mol. The van der Waals surface area contributed by atoms with Gasteiger partial charge in [-0.25, -0.2) is 0 Å². The van der Waals surface area contributed by atoms with Crippen molar-refractivity contribution in [3.05, 3.63) is 22.3 Å². The third kappa shape index (κ3) is 1.87. The fourth-order valence-electron chi connectivity index (χ4n) is 2.23. The minimum absolute atomic E-state index is 0.714. The maximum absolute atomic E-state index is 2.30. The highest BCUT2D eigenvalue weighted by atomic mass is 14.3. The van der Waals surface area contributed by atoms with Gasteiger partial charge in [-0.15, -0.1) is 0 Å². The van der Waals surface area contributed by atoms with Gasteiger partial charge in [0.05, 0.1) is 0 Å². The highest BCUT2D eigenvalue weighted by Gasteiger charge is 2.21. The molecule has 0 saturated heterocycles. The van der Waals surface area contributed by atoms with E-state index in [1.165, 1.54) is 6.42 Å². The van der Waals surface area contributed by atoms with Gasteiger partial charge in [-0.05, 0) is 43.3 Å². The lowest BCUT2D eigenvalue weighted by molar-refractivity contribution is 0.692. The molecule has 74 valence electrons. The molecule has 0 saturated carbocycles. The van der Waals surface area contributed by atoms with Gasteiger partial charge in [-0.3, -0.25) is 0 Å². The second kappa shape index (κ2) is 3.69. The van der Waals surface area contributed by atoms with E-state index in [0.29, 0.717) is 11.8 Å². The molecule has 1 aliphatic rings. The summed E-state index contributed by atoms with van der Waals surface area (Å²) >= 11 is 0. The average Bonchev–Trinajstić information content (AvgIpc) is 2.29. The third-order valence-corrected chi connectivity index (χ3v) is 3.30. The van der Waals surface area contributed by atoms with Gasteiger partial charge in [0.1, 0.15) is 0 Å². The Kier molecular flexibility index (Phi) is 3.00. The van der Waals surface area contributed by atoms with Crippen LogP contribution < -0.4 is 0 Å². The van der Waals surface area contributed by atoms with Crippen LogP contribution in [-0.2, 0) is 0 Å². The van der Waals surface area contributed by atoms with Crippen molar-refractivity contribution in [3.8, 4) is 0 Å². The number of rotatable bonds is 2. The minimum atomic E-state index is 0.714. The van der Waals surface area contributed by atoms with E-state index < -0.39 is 0 Å². The van der Waals surface area contributed by atoms with Gasteiger partial charge in [0, 0.05) is 0 Å². The first-order valence-electron chi connectivity index (χ1n) is 5.34. The van der Waals surface area contributed by atoms with Crippen LogP contribution in [-0.4, -0.2) is 0 Å². The molecule has 0 aliphatic heterocycles. The zero-order valence-electron chi connectivity index (χ0n) is 9.86. The summed E-state index contributed by atoms with van der Waals surface area (Å²) in [5, 5.41) is 0. The molecule has 0 radical (unpaired) electrons. The summed E-state index contributed by atoms with van der Waals surface area (Å²) in [7, 11) is 0. The van der Waals surface area contributed by atoms with E-state index in [-0.39, 0.29) is 0 Å². The Bertz CT molecular complexity index is 234. The summed E-state index contributed by atoms with van der Waals surface area (Å²) in [4.78, 5) is 0. The lowest BCUT2D eigenvalue weighted by Crippen LogP contribution is -1.96. The van der Waals surface area contributed by atoms with Crippen molar-refractivity contribution in [1.82, 2.24) is 0 Å². The maximum Gasteiger partial charge on any atom is -0.00917 e. The van der Waals surface area contributed by atoms with Crippen molar-refractivity contribution in [2.75, 3.05) is 0 Å². The second-order valence-electron chi connectivity index (χ2n) is 4.79. The number of allylic oxidation sites excluding steroid dienone is 4. The predicted octanol–water partition coefficient (Wildman–Crippen LogP) is 4.34. The average molecular weight is 178 g/mol. The molecule has 0 aromatic rings. The molecule has 0 heterocycles. The molecule has 1 rings (SSSR count). The quantitative estimate of drug-likeness (QED) is 0.590. The first-order chi connectivity index (χ1) is 5.95. The van der Waals surface area contributed by atoms with Crippen LogP contribution in [0.3, 0.4) is 0 Å². The first-order valence-corrected chi connectivity index (χ1v) is 5.34. The van der Waals surface area contributed by atoms with Gasteiger partial charge in [0.15, 0.2) is 0 Å². The molecule has 0 amide bonds. The zero-order valence-corrected chi connectivity index (χ0v) is 9.86. The second-order valence-corrected chi connectivity index (χ2v) is 4.79. The molecule has 0 spiro atoms. The van der Waals surface area contributed by atoms with Crippen LogP contribution in [0.2, 0.25) is 0 Å². The number of hydrogen-bond acceptors (Lipinski definition) is 0. The van der Waals surface area contributed by atoms with E-state index in [1.807, 2.05) is 0 Å². The summed E-state index contributed by atoms with van der Waals surface area (Å²) in [5.74, 6) is 1.43. The van der Waals surface area contributed by atoms with E-state index in [1.54, 1.807) is 22.3 Å². The Hall–Kier alpha value is -0.520. The van der Waals surface area contributed by atoms with Crippen molar-refractivity contribution in [3.63, 3.8) is 0 Å². The van der Waals surface area contributed by atoms with Crippen LogP contribution in [0.5, 0.6) is 0 Å². The minimum Gasteiger partial charge on any atom is -0.0604 e. The van der Waals surface area contributed by atoms with Crippen LogP contribution in [0.25, 0.3) is 0 Å². The molecular formula is C13H22. The monoisotopic (exact) mass is 178 g/mol. The van der Waals surface area contributed by atoms with E-state index in [9.17, 15) is 0 Å². The van der Waals surface area contributed by atoms with Gasteiger partial charge in [-0.1, -0.05) is 38.8 Å². The van der Waals surface area contributed by atoms with Gasteiger partial charge >= 0.3 is 0 Å². The highest BCUT2D eigenvalue weighted by molar-refractivity contribution is 5.46. The molecule has 0 fully saturated rings. The molecule has 0 bridgehead atoms. The molecule has 0 aromatic carbocycles. The maximum atomic E-state index is 2.30. The van der Waals surface area contributed by atoms with E-state index in [4.69, 9.17) is 0 Å². The summed E-state index contributed by atoms with van der Waals surface area (Å²) < 4.78 is 0. The van der Waals surface area contributed by atoms with Gasteiger partial charge < -0.3 is 0 Å². The Balaban J connectivity index is 2.94. The molecule has 0 N–H and O–H groups in total. The molecule has 13 heavy (non-hydrogen) atoms. The summed E-state index contributed by atoms with van der Waals surface area (Å²) in [6.07, 6.45) is 1.23. The summed E-state index contributed by atoms with van der Waals surface area (Å²) in [6.45, 7) is 13.8. The van der Waals surface area contributed by atoms with Gasteiger partial charge in [0.2, 0.25) is 0 Å². The first kappa shape index (κ1) is 10.6. The van der Waals surface area contributed by atoms with Crippen molar-refractivity contribution in [2.45, 2.75) is 48.0 Å². The fourth-order valence-corrected chi connectivity index (χ4v) is 2.23. The normalized spacial score (nSPS) is 18.5. The number of hydrogen-bond donors (Lipinski definition) is 0. The largest absolute Gasteiger partial charge is 0.0604 e. The SMILES string of the molecule is CC1=C(C(C)C)CC(C(C)C)=C1C.